The quantitative estimate of drug-likeness (QED) is 0.129. The molecule has 2 fully saturated rings. The van der Waals surface area contributed by atoms with E-state index in [1.165, 1.54) is 41.3 Å². The van der Waals surface area contributed by atoms with E-state index in [4.69, 9.17) is 36.7 Å². The number of alkyl halides is 5. The fourth-order valence-electron chi connectivity index (χ4n) is 6.45. The minimum absolute atomic E-state index is 0.146. The summed E-state index contributed by atoms with van der Waals surface area (Å²) in [6.07, 6.45) is 0.181. The van der Waals surface area contributed by atoms with Gasteiger partial charge in [0.2, 0.25) is 15.9 Å². The van der Waals surface area contributed by atoms with E-state index in [0.29, 0.717) is 52.5 Å². The molecule has 0 aromatic heterocycles. The van der Waals surface area contributed by atoms with Crippen molar-refractivity contribution >= 4 is 44.3 Å². The van der Waals surface area contributed by atoms with E-state index in [1.54, 1.807) is 36.4 Å². The van der Waals surface area contributed by atoms with Gasteiger partial charge in [-0.2, -0.15) is 26.7 Å². The van der Waals surface area contributed by atoms with Crippen LogP contribution in [0.1, 0.15) is 51.0 Å². The predicted octanol–water partition coefficient (Wildman–Crippen LogP) is 7.90. The van der Waals surface area contributed by atoms with Gasteiger partial charge < -0.3 is 25.2 Å². The van der Waals surface area contributed by atoms with Crippen LogP contribution in [0.25, 0.3) is 21.9 Å². The number of carbonyl (C=O) groups excluding carboxylic acids is 1. The SMILES string of the molecule is CCOc1cc(-c2ccc(C(F)(F)[C@H](NS(=O)(=O)c3ccc4cc(OC5CCCC5)ccc4c3)C(=O)N3CCC(N)CC3)cc2)ccc1Cl.O=C(O)C(F)(F)F. The molecule has 1 saturated carbocycles. The standard InChI is InChI=1S/C37H40ClF2N3O5S.C2HF3O2/c1-2-47-34-23-27(11-16-33(34)38)24-7-12-28(13-8-24)37(39,40)35(36(44)43-19-17-29(41)18-20-43)42-49(45,46)32-15-10-25-21-31(14-9-26(25)22-32)48-30-5-3-4-6-30;3-2(4,5)1(6)7/h7-16,21-23,29-30,35,42H,2-6,17-20,41H2,1H3;(H,6,7)/t35-;/m1./s1. The first-order valence-electron chi connectivity index (χ1n) is 17.9. The van der Waals surface area contributed by atoms with Crippen LogP contribution >= 0.6 is 11.6 Å². The zero-order chi connectivity index (χ0) is 40.8. The molecule has 10 nitrogen and oxygen atoms in total. The van der Waals surface area contributed by atoms with E-state index in [0.717, 1.165) is 31.1 Å². The molecule has 0 unspecified atom stereocenters. The number of halogens is 6. The van der Waals surface area contributed by atoms with Gasteiger partial charge in [-0.15, -0.1) is 0 Å². The third kappa shape index (κ3) is 10.5. The minimum atomic E-state index is -5.08. The van der Waals surface area contributed by atoms with Gasteiger partial charge >= 0.3 is 12.1 Å². The van der Waals surface area contributed by atoms with Crippen LogP contribution in [-0.4, -0.2) is 74.4 Å². The summed E-state index contributed by atoms with van der Waals surface area (Å²) in [5, 5.41) is 8.88. The third-order valence-corrected chi connectivity index (χ3v) is 11.2. The second-order valence-corrected chi connectivity index (χ2v) is 15.6. The monoisotopic (exact) mass is 825 g/mol. The average Bonchev–Trinajstić information content (AvgIpc) is 3.67. The molecular formula is C39H41ClF5N3O7S. The molecule has 4 N–H and O–H groups in total. The molecular weight excluding hydrogens is 785 g/mol. The lowest BCUT2D eigenvalue weighted by Gasteiger charge is -2.35. The van der Waals surface area contributed by atoms with E-state index in [2.05, 4.69) is 4.72 Å². The molecule has 0 radical (unpaired) electrons. The Morgan fingerprint density at radius 2 is 1.48 bits per heavy atom. The molecule has 4 aromatic rings. The first kappa shape index (κ1) is 42.6. The Bertz CT molecular complexity index is 2120. The number of ether oxygens (including phenoxy) is 2. The van der Waals surface area contributed by atoms with Crippen molar-refractivity contribution in [2.75, 3.05) is 19.7 Å². The predicted molar refractivity (Wildman–Crippen MR) is 200 cm³/mol. The van der Waals surface area contributed by atoms with Gasteiger partial charge in [0.25, 0.3) is 5.92 Å². The topological polar surface area (TPSA) is 148 Å². The van der Waals surface area contributed by atoms with Gasteiger partial charge in [0.15, 0.2) is 6.04 Å². The number of sulfonamides is 1. The molecule has 1 aliphatic heterocycles. The van der Waals surface area contributed by atoms with Gasteiger partial charge in [0.05, 0.1) is 22.6 Å². The Hall–Kier alpha value is -4.51. The van der Waals surface area contributed by atoms with Crippen LogP contribution < -0.4 is 19.9 Å². The number of hydrogen-bond donors (Lipinski definition) is 3. The molecule has 17 heteroatoms. The van der Waals surface area contributed by atoms with Crippen molar-refractivity contribution in [3.8, 4) is 22.6 Å². The Kier molecular flexibility index (Phi) is 13.5. The summed E-state index contributed by atoms with van der Waals surface area (Å²) in [5.41, 5.74) is 6.78. The summed E-state index contributed by atoms with van der Waals surface area (Å²) >= 11 is 6.22. The summed E-state index contributed by atoms with van der Waals surface area (Å²) in [5.74, 6) is -6.53. The molecule has 0 bridgehead atoms. The minimum Gasteiger partial charge on any atom is -0.492 e. The summed E-state index contributed by atoms with van der Waals surface area (Å²) in [4.78, 5) is 23.7. The number of nitrogens with one attached hydrogen (secondary N) is 1. The van der Waals surface area contributed by atoms with Gasteiger partial charge in [-0.1, -0.05) is 54.1 Å². The van der Waals surface area contributed by atoms with Gasteiger partial charge in [-0.25, -0.2) is 13.2 Å². The summed E-state index contributed by atoms with van der Waals surface area (Å²) in [6.45, 7) is 2.52. The number of piperidine rings is 1. The van der Waals surface area contributed by atoms with Crippen molar-refractivity contribution in [2.24, 2.45) is 5.73 Å². The van der Waals surface area contributed by atoms with Crippen molar-refractivity contribution in [3.63, 3.8) is 0 Å². The van der Waals surface area contributed by atoms with Crippen LogP contribution in [0.4, 0.5) is 22.0 Å². The number of aliphatic carboxylic acids is 1. The first-order valence-corrected chi connectivity index (χ1v) is 19.7. The van der Waals surface area contributed by atoms with Crippen LogP contribution in [0.2, 0.25) is 5.02 Å². The Labute approximate surface area is 325 Å². The lowest BCUT2D eigenvalue weighted by atomic mass is 9.96. The van der Waals surface area contributed by atoms with Crippen molar-refractivity contribution in [1.29, 1.82) is 0 Å². The fraction of sp³-hybridized carbons (Fsp3) is 0.385. The maximum absolute atomic E-state index is 16.5. The van der Waals surface area contributed by atoms with Crippen molar-refractivity contribution in [1.82, 2.24) is 9.62 Å². The van der Waals surface area contributed by atoms with Crippen molar-refractivity contribution in [2.45, 2.75) is 80.6 Å². The van der Waals surface area contributed by atoms with Gasteiger partial charge in [0.1, 0.15) is 11.5 Å². The number of fused-ring (bicyclic) bond motifs is 1. The van der Waals surface area contributed by atoms with Crippen LogP contribution in [0.3, 0.4) is 0 Å². The number of benzene rings is 4. The molecule has 1 aliphatic carbocycles. The zero-order valence-electron chi connectivity index (χ0n) is 30.2. The van der Waals surface area contributed by atoms with E-state index in [-0.39, 0.29) is 30.1 Å². The highest BCUT2D eigenvalue weighted by atomic mass is 35.5. The molecule has 0 spiro atoms. The zero-order valence-corrected chi connectivity index (χ0v) is 31.8. The van der Waals surface area contributed by atoms with Crippen molar-refractivity contribution in [3.05, 3.63) is 89.4 Å². The summed E-state index contributed by atoms with van der Waals surface area (Å²) in [7, 11) is -4.59. The maximum atomic E-state index is 16.5. The molecule has 1 amide bonds. The third-order valence-electron chi connectivity index (χ3n) is 9.51. The number of amides is 1. The number of likely N-dealkylation sites (tertiary alicyclic amines) is 1. The first-order chi connectivity index (χ1) is 26.4. The summed E-state index contributed by atoms with van der Waals surface area (Å²) in [6, 6.07) is 17.7. The highest BCUT2D eigenvalue weighted by molar-refractivity contribution is 7.89. The molecule has 1 saturated heterocycles. The molecule has 4 aromatic carbocycles. The number of nitrogens with two attached hydrogens (primary N) is 1. The smallest absolute Gasteiger partial charge is 0.490 e. The molecule has 302 valence electrons. The second-order valence-electron chi connectivity index (χ2n) is 13.5. The van der Waals surface area contributed by atoms with Gasteiger partial charge in [-0.3, -0.25) is 4.79 Å². The number of hydrogen-bond acceptors (Lipinski definition) is 7. The van der Waals surface area contributed by atoms with E-state index >= 15 is 8.78 Å². The van der Waals surface area contributed by atoms with E-state index in [9.17, 15) is 26.4 Å². The van der Waals surface area contributed by atoms with Gasteiger partial charge in [0, 0.05) is 24.7 Å². The number of carboxylic acids is 1. The lowest BCUT2D eigenvalue weighted by molar-refractivity contribution is -0.192. The number of rotatable bonds is 11. The number of nitrogens with zero attached hydrogens (tertiary/aromatic N) is 1. The lowest BCUT2D eigenvalue weighted by Crippen LogP contribution is -2.57. The molecule has 6 rings (SSSR count). The highest BCUT2D eigenvalue weighted by Crippen LogP contribution is 2.37. The second kappa shape index (κ2) is 17.7. The van der Waals surface area contributed by atoms with Crippen molar-refractivity contribution < 1.29 is 54.5 Å². The Morgan fingerprint density at radius 1 is 0.893 bits per heavy atom. The average molecular weight is 826 g/mol. The molecule has 56 heavy (non-hydrogen) atoms. The fourth-order valence-corrected chi connectivity index (χ4v) is 7.84. The largest absolute Gasteiger partial charge is 0.492 e. The Morgan fingerprint density at radius 3 is 2.09 bits per heavy atom. The normalized spacial score (nSPS) is 16.2. The van der Waals surface area contributed by atoms with Crippen LogP contribution in [0.15, 0.2) is 83.8 Å². The summed E-state index contributed by atoms with van der Waals surface area (Å²) < 4.78 is 106. The molecule has 1 atom stereocenters. The van der Waals surface area contributed by atoms with Crippen LogP contribution in [0, 0.1) is 0 Å². The van der Waals surface area contributed by atoms with Gasteiger partial charge in [-0.05, 0) is 104 Å². The Balaban J connectivity index is 0.000000784. The maximum Gasteiger partial charge on any atom is 0.490 e. The molecule has 2 aliphatic rings. The number of carbonyl (C=O) groups is 2. The molecule has 1 heterocycles. The van der Waals surface area contributed by atoms with Crippen LogP contribution in [0.5, 0.6) is 11.5 Å². The van der Waals surface area contributed by atoms with Crippen LogP contribution in [-0.2, 0) is 25.5 Å². The van der Waals surface area contributed by atoms with E-state index < -0.39 is 45.6 Å². The highest BCUT2D eigenvalue weighted by Gasteiger charge is 2.50. The van der Waals surface area contributed by atoms with E-state index in [1.807, 2.05) is 13.0 Å². The number of carboxylic acid groups (broad SMARTS) is 1.